The lowest BCUT2D eigenvalue weighted by Crippen LogP contribution is -2.12. The first-order chi connectivity index (χ1) is 7.25. The molecule has 1 aliphatic carbocycles. The fraction of sp³-hybridized carbons (Fsp3) is 0.250. The molecule has 0 spiro atoms. The van der Waals surface area contributed by atoms with Gasteiger partial charge in [-0.3, -0.25) is 4.79 Å². The number of rotatable bonds is 3. The third-order valence-corrected chi connectivity index (χ3v) is 2.44. The van der Waals surface area contributed by atoms with Crippen LogP contribution in [-0.2, 0) is 11.3 Å². The molecule has 78 valence electrons. The van der Waals surface area contributed by atoms with Gasteiger partial charge in [-0.15, -0.1) is 0 Å². The molecule has 0 fully saturated rings. The summed E-state index contributed by atoms with van der Waals surface area (Å²) in [5.41, 5.74) is 1.53. The number of carbonyl (C=O) groups is 1. The van der Waals surface area contributed by atoms with Gasteiger partial charge in [0.15, 0.2) is 5.78 Å². The van der Waals surface area contributed by atoms with Crippen molar-refractivity contribution in [2.24, 2.45) is 0 Å². The van der Waals surface area contributed by atoms with Gasteiger partial charge in [-0.05, 0) is 12.5 Å². The lowest BCUT2D eigenvalue weighted by Gasteiger charge is -2.07. The second kappa shape index (κ2) is 4.26. The molecular formula is C12H12FNO. The third-order valence-electron chi connectivity index (χ3n) is 2.44. The lowest BCUT2D eigenvalue weighted by atomic mass is 10.2. The van der Waals surface area contributed by atoms with Crippen molar-refractivity contribution >= 4 is 5.78 Å². The minimum Gasteiger partial charge on any atom is -0.384 e. The predicted octanol–water partition coefficient (Wildman–Crippen LogP) is 2.16. The Morgan fingerprint density at radius 2 is 2.07 bits per heavy atom. The maximum absolute atomic E-state index is 13.2. The summed E-state index contributed by atoms with van der Waals surface area (Å²) < 4.78 is 13.2. The van der Waals surface area contributed by atoms with E-state index in [0.717, 1.165) is 12.1 Å². The molecule has 0 saturated heterocycles. The zero-order valence-electron chi connectivity index (χ0n) is 8.29. The molecular weight excluding hydrogens is 193 g/mol. The van der Waals surface area contributed by atoms with Gasteiger partial charge in [-0.25, -0.2) is 4.39 Å². The summed E-state index contributed by atoms with van der Waals surface area (Å²) in [6.07, 6.45) is 2.91. The van der Waals surface area contributed by atoms with Crippen molar-refractivity contribution in [2.45, 2.75) is 19.4 Å². The molecule has 0 radical (unpaired) electrons. The zero-order chi connectivity index (χ0) is 10.7. The second-order valence-corrected chi connectivity index (χ2v) is 3.58. The molecule has 0 heterocycles. The van der Waals surface area contributed by atoms with Gasteiger partial charge >= 0.3 is 0 Å². The summed E-state index contributed by atoms with van der Waals surface area (Å²) in [5.74, 6) is -0.0686. The first-order valence-electron chi connectivity index (χ1n) is 4.96. The van der Waals surface area contributed by atoms with Crippen molar-refractivity contribution in [1.82, 2.24) is 5.32 Å². The van der Waals surface area contributed by atoms with Crippen LogP contribution in [-0.4, -0.2) is 5.78 Å². The Kier molecular flexibility index (Phi) is 2.81. The number of halogens is 1. The number of allylic oxidation sites excluding steroid dienone is 2. The molecule has 1 aromatic carbocycles. The van der Waals surface area contributed by atoms with E-state index < -0.39 is 0 Å². The number of ketones is 1. The van der Waals surface area contributed by atoms with Gasteiger partial charge in [0.2, 0.25) is 0 Å². The molecule has 0 saturated carbocycles. The van der Waals surface area contributed by atoms with E-state index in [0.29, 0.717) is 18.5 Å². The first-order valence-corrected chi connectivity index (χ1v) is 4.96. The highest BCUT2D eigenvalue weighted by atomic mass is 19.1. The van der Waals surface area contributed by atoms with Crippen LogP contribution in [0, 0.1) is 5.82 Å². The molecule has 0 bridgehead atoms. The molecule has 0 aromatic heterocycles. The SMILES string of the molecule is O=C1C=C(NCc2ccccc2F)CC1. The maximum atomic E-state index is 13.2. The molecule has 3 heteroatoms. The monoisotopic (exact) mass is 205 g/mol. The standard InChI is InChI=1S/C12H12FNO/c13-12-4-2-1-3-9(12)8-14-10-5-6-11(15)7-10/h1-4,7,14H,5-6,8H2. The van der Waals surface area contributed by atoms with Crippen LogP contribution in [0.1, 0.15) is 18.4 Å². The number of nitrogens with one attached hydrogen (secondary N) is 1. The van der Waals surface area contributed by atoms with Crippen LogP contribution >= 0.6 is 0 Å². The van der Waals surface area contributed by atoms with Gasteiger partial charge in [0.1, 0.15) is 5.82 Å². The number of hydrogen-bond acceptors (Lipinski definition) is 2. The Hall–Kier alpha value is -1.64. The molecule has 0 aliphatic heterocycles. The summed E-state index contributed by atoms with van der Waals surface area (Å²) in [5, 5.41) is 3.07. The van der Waals surface area contributed by atoms with Gasteiger partial charge in [0, 0.05) is 30.3 Å². The highest BCUT2D eigenvalue weighted by Crippen LogP contribution is 2.13. The van der Waals surface area contributed by atoms with E-state index in [1.165, 1.54) is 6.07 Å². The van der Waals surface area contributed by atoms with E-state index in [9.17, 15) is 9.18 Å². The quantitative estimate of drug-likeness (QED) is 0.819. The van der Waals surface area contributed by atoms with Gasteiger partial charge in [0.05, 0.1) is 0 Å². The van der Waals surface area contributed by atoms with E-state index in [-0.39, 0.29) is 11.6 Å². The summed E-state index contributed by atoms with van der Waals surface area (Å²) in [6, 6.07) is 6.64. The van der Waals surface area contributed by atoms with Crippen LogP contribution < -0.4 is 5.32 Å². The normalized spacial score (nSPS) is 15.3. The first kappa shape index (κ1) is 9.90. The van der Waals surface area contributed by atoms with Gasteiger partial charge in [0.25, 0.3) is 0 Å². The third kappa shape index (κ3) is 2.43. The summed E-state index contributed by atoms with van der Waals surface area (Å²) in [4.78, 5) is 10.9. The van der Waals surface area contributed by atoms with Gasteiger partial charge < -0.3 is 5.32 Å². The van der Waals surface area contributed by atoms with E-state index in [1.54, 1.807) is 24.3 Å². The molecule has 1 aromatic rings. The zero-order valence-corrected chi connectivity index (χ0v) is 8.29. The predicted molar refractivity (Wildman–Crippen MR) is 55.6 cm³/mol. The Morgan fingerprint density at radius 1 is 1.27 bits per heavy atom. The van der Waals surface area contributed by atoms with E-state index in [4.69, 9.17) is 0 Å². The molecule has 2 rings (SSSR count). The van der Waals surface area contributed by atoms with Gasteiger partial charge in [-0.1, -0.05) is 18.2 Å². The van der Waals surface area contributed by atoms with Crippen molar-refractivity contribution in [3.63, 3.8) is 0 Å². The molecule has 1 aliphatic rings. The molecule has 0 amide bonds. The highest BCUT2D eigenvalue weighted by molar-refractivity contribution is 5.92. The average Bonchev–Trinajstić information content (AvgIpc) is 2.63. The number of carbonyl (C=O) groups excluding carboxylic acids is 1. The topological polar surface area (TPSA) is 29.1 Å². The Balaban J connectivity index is 1.97. The summed E-state index contributed by atoms with van der Waals surface area (Å²) in [6.45, 7) is 0.436. The van der Waals surface area contributed by atoms with Crippen LogP contribution in [0.3, 0.4) is 0 Å². The smallest absolute Gasteiger partial charge is 0.157 e. The van der Waals surface area contributed by atoms with E-state index >= 15 is 0 Å². The Bertz CT molecular complexity index is 412. The minimum absolute atomic E-state index is 0.144. The minimum atomic E-state index is -0.213. The lowest BCUT2D eigenvalue weighted by molar-refractivity contribution is -0.114. The van der Waals surface area contributed by atoms with Crippen molar-refractivity contribution in [3.05, 3.63) is 47.4 Å². The fourth-order valence-electron chi connectivity index (χ4n) is 1.59. The second-order valence-electron chi connectivity index (χ2n) is 3.58. The van der Waals surface area contributed by atoms with Crippen molar-refractivity contribution in [3.8, 4) is 0 Å². The number of benzene rings is 1. The molecule has 2 nitrogen and oxygen atoms in total. The van der Waals surface area contributed by atoms with Crippen LogP contribution in [0.15, 0.2) is 36.0 Å². The highest BCUT2D eigenvalue weighted by Gasteiger charge is 2.11. The maximum Gasteiger partial charge on any atom is 0.157 e. The van der Waals surface area contributed by atoms with Crippen LogP contribution in [0.5, 0.6) is 0 Å². The number of hydrogen-bond donors (Lipinski definition) is 1. The average molecular weight is 205 g/mol. The van der Waals surface area contributed by atoms with Crippen molar-refractivity contribution < 1.29 is 9.18 Å². The summed E-state index contributed by atoms with van der Waals surface area (Å²) >= 11 is 0. The molecule has 15 heavy (non-hydrogen) atoms. The van der Waals surface area contributed by atoms with Crippen LogP contribution in [0.2, 0.25) is 0 Å². The van der Waals surface area contributed by atoms with Crippen molar-refractivity contribution in [2.75, 3.05) is 0 Å². The molecule has 0 atom stereocenters. The van der Waals surface area contributed by atoms with Crippen LogP contribution in [0.4, 0.5) is 4.39 Å². The largest absolute Gasteiger partial charge is 0.384 e. The van der Waals surface area contributed by atoms with E-state index in [1.807, 2.05) is 0 Å². The van der Waals surface area contributed by atoms with E-state index in [2.05, 4.69) is 5.32 Å². The van der Waals surface area contributed by atoms with Crippen molar-refractivity contribution in [1.29, 1.82) is 0 Å². The Labute approximate surface area is 87.8 Å². The Morgan fingerprint density at radius 3 is 2.73 bits per heavy atom. The van der Waals surface area contributed by atoms with Crippen LogP contribution in [0.25, 0.3) is 0 Å². The molecule has 0 unspecified atom stereocenters. The van der Waals surface area contributed by atoms with Gasteiger partial charge in [-0.2, -0.15) is 0 Å². The summed E-state index contributed by atoms with van der Waals surface area (Å²) in [7, 11) is 0. The molecule has 1 N–H and O–H groups in total. The fourth-order valence-corrected chi connectivity index (χ4v) is 1.59.